The van der Waals surface area contributed by atoms with Crippen molar-refractivity contribution < 1.29 is 9.13 Å². The molecule has 2 rings (SSSR count). The third-order valence-electron chi connectivity index (χ3n) is 2.73. The molecule has 2 aromatic carbocycles. The number of halogens is 1. The topological polar surface area (TPSA) is 45.0 Å². The van der Waals surface area contributed by atoms with Crippen molar-refractivity contribution >= 4 is 5.69 Å². The summed E-state index contributed by atoms with van der Waals surface area (Å²) >= 11 is 0. The number of benzene rings is 2. The van der Waals surface area contributed by atoms with Crippen LogP contribution in [0.5, 0.6) is 5.75 Å². The van der Waals surface area contributed by atoms with Crippen LogP contribution in [-0.2, 0) is 0 Å². The SMILES string of the molecule is COc1ccc(NC(C#N)c2ccc(F)cc2)cc1. The average Bonchev–Trinajstić information content (AvgIpc) is 2.46. The minimum Gasteiger partial charge on any atom is -0.497 e. The number of rotatable bonds is 4. The molecule has 0 radical (unpaired) electrons. The molecule has 0 bridgehead atoms. The zero-order valence-electron chi connectivity index (χ0n) is 10.4. The Labute approximate surface area is 111 Å². The zero-order chi connectivity index (χ0) is 13.7. The third-order valence-corrected chi connectivity index (χ3v) is 2.73. The van der Waals surface area contributed by atoms with Crippen LogP contribution < -0.4 is 10.1 Å². The van der Waals surface area contributed by atoms with E-state index in [-0.39, 0.29) is 5.82 Å². The van der Waals surface area contributed by atoms with Gasteiger partial charge in [-0.05, 0) is 42.0 Å². The highest BCUT2D eigenvalue weighted by Gasteiger charge is 2.10. The van der Waals surface area contributed by atoms with E-state index < -0.39 is 6.04 Å². The van der Waals surface area contributed by atoms with Gasteiger partial charge in [-0.1, -0.05) is 12.1 Å². The summed E-state index contributed by atoms with van der Waals surface area (Å²) in [7, 11) is 1.60. The van der Waals surface area contributed by atoms with Crippen molar-refractivity contribution in [2.45, 2.75) is 6.04 Å². The molecule has 19 heavy (non-hydrogen) atoms. The second-order valence-corrected chi connectivity index (χ2v) is 3.99. The molecule has 3 nitrogen and oxygen atoms in total. The Hall–Kier alpha value is -2.54. The summed E-state index contributed by atoms with van der Waals surface area (Å²) in [5.41, 5.74) is 1.52. The standard InChI is InChI=1S/C15H13FN2O/c1-19-14-8-6-13(7-9-14)18-15(10-17)11-2-4-12(16)5-3-11/h2-9,15,18H,1H3. The van der Waals surface area contributed by atoms with Crippen molar-refractivity contribution in [2.24, 2.45) is 0 Å². The summed E-state index contributed by atoms with van der Waals surface area (Å²) in [6, 6.07) is 14.8. The van der Waals surface area contributed by atoms with E-state index in [0.29, 0.717) is 0 Å². The Morgan fingerprint density at radius 3 is 2.26 bits per heavy atom. The van der Waals surface area contributed by atoms with Gasteiger partial charge in [0, 0.05) is 5.69 Å². The number of methoxy groups -OCH3 is 1. The minimum absolute atomic E-state index is 0.315. The van der Waals surface area contributed by atoms with Gasteiger partial charge in [-0.15, -0.1) is 0 Å². The predicted octanol–water partition coefficient (Wildman–Crippen LogP) is 3.51. The molecule has 96 valence electrons. The van der Waals surface area contributed by atoms with Crippen LogP contribution in [0.4, 0.5) is 10.1 Å². The van der Waals surface area contributed by atoms with Gasteiger partial charge >= 0.3 is 0 Å². The molecule has 0 aromatic heterocycles. The van der Waals surface area contributed by atoms with E-state index in [1.165, 1.54) is 12.1 Å². The lowest BCUT2D eigenvalue weighted by molar-refractivity contribution is 0.415. The van der Waals surface area contributed by atoms with Crippen LogP contribution in [0.15, 0.2) is 48.5 Å². The number of nitrogens with one attached hydrogen (secondary N) is 1. The molecular weight excluding hydrogens is 243 g/mol. The Morgan fingerprint density at radius 1 is 1.11 bits per heavy atom. The number of nitrogens with zero attached hydrogens (tertiary/aromatic N) is 1. The first-order valence-corrected chi connectivity index (χ1v) is 5.78. The van der Waals surface area contributed by atoms with Crippen molar-refractivity contribution in [3.05, 3.63) is 59.9 Å². The van der Waals surface area contributed by atoms with E-state index in [1.54, 1.807) is 31.4 Å². The predicted molar refractivity (Wildman–Crippen MR) is 71.4 cm³/mol. The molecule has 1 N–H and O–H groups in total. The summed E-state index contributed by atoms with van der Waals surface area (Å²) in [6.45, 7) is 0. The van der Waals surface area contributed by atoms with Gasteiger partial charge in [-0.25, -0.2) is 4.39 Å². The lowest BCUT2D eigenvalue weighted by atomic mass is 10.1. The number of anilines is 1. The molecule has 0 saturated heterocycles. The third kappa shape index (κ3) is 3.23. The number of nitriles is 1. The van der Waals surface area contributed by atoms with E-state index >= 15 is 0 Å². The largest absolute Gasteiger partial charge is 0.497 e. The normalized spacial score (nSPS) is 11.4. The molecule has 2 aromatic rings. The zero-order valence-corrected chi connectivity index (χ0v) is 10.4. The Kier molecular flexibility index (Phi) is 3.99. The molecule has 0 saturated carbocycles. The maximum Gasteiger partial charge on any atom is 0.140 e. The highest BCUT2D eigenvalue weighted by Crippen LogP contribution is 2.21. The molecule has 1 atom stereocenters. The summed E-state index contributed by atoms with van der Waals surface area (Å²) < 4.78 is 17.9. The summed E-state index contributed by atoms with van der Waals surface area (Å²) in [5.74, 6) is 0.436. The van der Waals surface area contributed by atoms with E-state index in [2.05, 4.69) is 11.4 Å². The number of hydrogen-bond acceptors (Lipinski definition) is 3. The summed E-state index contributed by atoms with van der Waals surface area (Å²) in [4.78, 5) is 0. The van der Waals surface area contributed by atoms with Gasteiger partial charge in [-0.3, -0.25) is 0 Å². The molecule has 0 aliphatic rings. The van der Waals surface area contributed by atoms with Crippen molar-refractivity contribution in [2.75, 3.05) is 12.4 Å². The fraction of sp³-hybridized carbons (Fsp3) is 0.133. The van der Waals surface area contributed by atoms with Crippen molar-refractivity contribution in [1.29, 1.82) is 5.26 Å². The first-order valence-electron chi connectivity index (χ1n) is 5.78. The second kappa shape index (κ2) is 5.87. The fourth-order valence-corrected chi connectivity index (χ4v) is 1.70. The molecule has 0 spiro atoms. The van der Waals surface area contributed by atoms with Crippen LogP contribution in [0.2, 0.25) is 0 Å². The van der Waals surface area contributed by atoms with Crippen LogP contribution in [-0.4, -0.2) is 7.11 Å². The second-order valence-electron chi connectivity index (χ2n) is 3.99. The lowest BCUT2D eigenvalue weighted by Crippen LogP contribution is -2.08. The van der Waals surface area contributed by atoms with E-state index in [4.69, 9.17) is 4.74 Å². The van der Waals surface area contributed by atoms with Crippen LogP contribution in [0.25, 0.3) is 0 Å². The highest BCUT2D eigenvalue weighted by molar-refractivity contribution is 5.49. The molecule has 0 aliphatic carbocycles. The van der Waals surface area contributed by atoms with Crippen LogP contribution in [0.1, 0.15) is 11.6 Å². The molecule has 0 heterocycles. The van der Waals surface area contributed by atoms with E-state index in [9.17, 15) is 9.65 Å². The van der Waals surface area contributed by atoms with Crippen LogP contribution in [0.3, 0.4) is 0 Å². The molecule has 0 fully saturated rings. The minimum atomic E-state index is -0.519. The van der Waals surface area contributed by atoms with Gasteiger partial charge in [0.2, 0.25) is 0 Å². The summed E-state index contributed by atoms with van der Waals surface area (Å²) in [6.07, 6.45) is 0. The van der Waals surface area contributed by atoms with Gasteiger partial charge in [0.25, 0.3) is 0 Å². The molecule has 0 aliphatic heterocycles. The lowest BCUT2D eigenvalue weighted by Gasteiger charge is -2.13. The van der Waals surface area contributed by atoms with E-state index in [1.807, 2.05) is 12.1 Å². The average molecular weight is 256 g/mol. The van der Waals surface area contributed by atoms with Gasteiger partial charge in [0.15, 0.2) is 0 Å². The monoisotopic (exact) mass is 256 g/mol. The first kappa shape index (κ1) is 12.9. The van der Waals surface area contributed by atoms with E-state index in [0.717, 1.165) is 17.0 Å². The van der Waals surface area contributed by atoms with Crippen molar-refractivity contribution in [3.8, 4) is 11.8 Å². The van der Waals surface area contributed by atoms with Crippen molar-refractivity contribution in [1.82, 2.24) is 0 Å². The Morgan fingerprint density at radius 2 is 1.74 bits per heavy atom. The van der Waals surface area contributed by atoms with Gasteiger partial charge in [0.05, 0.1) is 13.2 Å². The Bertz CT molecular complexity index is 573. The Balaban J connectivity index is 2.14. The molecule has 0 amide bonds. The number of ether oxygens (including phenoxy) is 1. The van der Waals surface area contributed by atoms with Gasteiger partial charge in [0.1, 0.15) is 17.6 Å². The first-order chi connectivity index (χ1) is 9.22. The molecular formula is C15H13FN2O. The molecule has 1 unspecified atom stereocenters. The van der Waals surface area contributed by atoms with Gasteiger partial charge in [-0.2, -0.15) is 5.26 Å². The highest BCUT2D eigenvalue weighted by atomic mass is 19.1. The fourth-order valence-electron chi connectivity index (χ4n) is 1.70. The summed E-state index contributed by atoms with van der Waals surface area (Å²) in [5, 5.41) is 12.3. The quantitative estimate of drug-likeness (QED) is 0.910. The van der Waals surface area contributed by atoms with Crippen molar-refractivity contribution in [3.63, 3.8) is 0 Å². The molecule has 4 heteroatoms. The smallest absolute Gasteiger partial charge is 0.140 e. The van der Waals surface area contributed by atoms with Gasteiger partial charge < -0.3 is 10.1 Å². The number of hydrogen-bond donors (Lipinski definition) is 1. The van der Waals surface area contributed by atoms with Crippen LogP contribution >= 0.6 is 0 Å². The van der Waals surface area contributed by atoms with Crippen LogP contribution in [0, 0.1) is 17.1 Å². The maximum absolute atomic E-state index is 12.8. The maximum atomic E-state index is 12.8.